The van der Waals surface area contributed by atoms with Crippen molar-refractivity contribution in [1.29, 1.82) is 0 Å². The highest BCUT2D eigenvalue weighted by atomic mass is 16.1. The molecule has 94 valence electrons. The van der Waals surface area contributed by atoms with Crippen LogP contribution in [0.3, 0.4) is 0 Å². The fourth-order valence-corrected chi connectivity index (χ4v) is 1.82. The Morgan fingerprint density at radius 2 is 1.41 bits per heavy atom. The number of amides is 1. The van der Waals surface area contributed by atoms with Crippen LogP contribution in [-0.4, -0.2) is 43.9 Å². The summed E-state index contributed by atoms with van der Waals surface area (Å²) in [4.78, 5) is 15.4. The van der Waals surface area contributed by atoms with Crippen LogP contribution < -0.4 is 5.73 Å². The summed E-state index contributed by atoms with van der Waals surface area (Å²) in [5.74, 6) is -0.370. The van der Waals surface area contributed by atoms with E-state index < -0.39 is 0 Å². The van der Waals surface area contributed by atoms with E-state index in [0.29, 0.717) is 5.56 Å². The molecule has 0 fully saturated rings. The van der Waals surface area contributed by atoms with Gasteiger partial charge in [-0.2, -0.15) is 0 Å². The van der Waals surface area contributed by atoms with Crippen molar-refractivity contribution in [1.82, 2.24) is 9.80 Å². The molecular weight excluding hydrogens is 214 g/mol. The quantitative estimate of drug-likeness (QED) is 0.825. The first-order chi connectivity index (χ1) is 7.88. The van der Waals surface area contributed by atoms with Gasteiger partial charge in [0.15, 0.2) is 0 Å². The standard InChI is InChI=1S/C13H21N3O/c1-15(2)8-10-5-11(9-16(3)4)7-12(6-10)13(14)17/h5-7H,8-9H2,1-4H3,(H2,14,17). The smallest absolute Gasteiger partial charge is 0.248 e. The molecule has 4 heteroatoms. The Labute approximate surface area is 103 Å². The summed E-state index contributed by atoms with van der Waals surface area (Å²) in [5.41, 5.74) is 8.16. The normalized spacial score (nSPS) is 11.2. The first kappa shape index (κ1) is 13.7. The molecule has 0 bridgehead atoms. The Kier molecular flexibility index (Phi) is 4.66. The summed E-state index contributed by atoms with van der Waals surface area (Å²) in [6.07, 6.45) is 0. The third-order valence-corrected chi connectivity index (χ3v) is 2.33. The molecule has 1 rings (SSSR count). The number of hydrogen-bond acceptors (Lipinski definition) is 3. The minimum absolute atomic E-state index is 0.370. The highest BCUT2D eigenvalue weighted by Gasteiger charge is 2.07. The SMILES string of the molecule is CN(C)Cc1cc(CN(C)C)cc(C(N)=O)c1. The molecule has 0 heterocycles. The maximum atomic E-state index is 11.3. The maximum Gasteiger partial charge on any atom is 0.248 e. The molecule has 0 aliphatic rings. The Morgan fingerprint density at radius 3 is 1.71 bits per heavy atom. The molecule has 1 aromatic rings. The van der Waals surface area contributed by atoms with Crippen LogP contribution in [0.1, 0.15) is 21.5 Å². The Hall–Kier alpha value is -1.39. The van der Waals surface area contributed by atoms with Gasteiger partial charge < -0.3 is 15.5 Å². The van der Waals surface area contributed by atoms with Crippen LogP contribution in [0.15, 0.2) is 18.2 Å². The molecule has 0 unspecified atom stereocenters. The number of rotatable bonds is 5. The van der Waals surface area contributed by atoms with Gasteiger partial charge in [-0.1, -0.05) is 6.07 Å². The van der Waals surface area contributed by atoms with E-state index in [1.165, 1.54) is 0 Å². The second-order valence-corrected chi connectivity index (χ2v) is 4.88. The van der Waals surface area contributed by atoms with Gasteiger partial charge in [-0.25, -0.2) is 0 Å². The third-order valence-electron chi connectivity index (χ3n) is 2.33. The van der Waals surface area contributed by atoms with Crippen molar-refractivity contribution >= 4 is 5.91 Å². The summed E-state index contributed by atoms with van der Waals surface area (Å²) in [7, 11) is 8.01. The molecule has 0 aromatic heterocycles. The molecular formula is C13H21N3O. The lowest BCUT2D eigenvalue weighted by molar-refractivity contribution is 0.1000. The lowest BCUT2D eigenvalue weighted by atomic mass is 10.0. The predicted molar refractivity (Wildman–Crippen MR) is 69.7 cm³/mol. The largest absolute Gasteiger partial charge is 0.366 e. The van der Waals surface area contributed by atoms with Crippen LogP contribution in [-0.2, 0) is 13.1 Å². The van der Waals surface area contributed by atoms with Gasteiger partial charge in [0.2, 0.25) is 5.91 Å². The van der Waals surface area contributed by atoms with Crippen LogP contribution >= 0.6 is 0 Å². The minimum Gasteiger partial charge on any atom is -0.366 e. The van der Waals surface area contributed by atoms with E-state index in [0.717, 1.165) is 24.2 Å². The minimum atomic E-state index is -0.370. The zero-order valence-electron chi connectivity index (χ0n) is 11.0. The molecule has 0 saturated heterocycles. The highest BCUT2D eigenvalue weighted by molar-refractivity contribution is 5.93. The van der Waals surface area contributed by atoms with Gasteiger partial charge in [0.1, 0.15) is 0 Å². The Bertz CT molecular complexity index is 371. The van der Waals surface area contributed by atoms with Crippen LogP contribution in [0.25, 0.3) is 0 Å². The van der Waals surface area contributed by atoms with Crippen molar-refractivity contribution in [2.75, 3.05) is 28.2 Å². The van der Waals surface area contributed by atoms with Crippen molar-refractivity contribution in [2.45, 2.75) is 13.1 Å². The Morgan fingerprint density at radius 1 is 1.00 bits per heavy atom. The van der Waals surface area contributed by atoms with E-state index in [4.69, 9.17) is 5.73 Å². The fraction of sp³-hybridized carbons (Fsp3) is 0.462. The molecule has 1 aromatic carbocycles. The van der Waals surface area contributed by atoms with Crippen LogP contribution in [0.5, 0.6) is 0 Å². The summed E-state index contributed by atoms with van der Waals surface area (Å²) >= 11 is 0. The van der Waals surface area contributed by atoms with Gasteiger partial charge in [0.25, 0.3) is 0 Å². The summed E-state index contributed by atoms with van der Waals surface area (Å²) in [6, 6.07) is 5.84. The lowest BCUT2D eigenvalue weighted by Gasteiger charge is -2.15. The number of primary amides is 1. The first-order valence-electron chi connectivity index (χ1n) is 5.60. The zero-order valence-corrected chi connectivity index (χ0v) is 11.0. The number of carbonyl (C=O) groups excluding carboxylic acids is 1. The molecule has 4 nitrogen and oxygen atoms in total. The fourth-order valence-electron chi connectivity index (χ4n) is 1.82. The zero-order chi connectivity index (χ0) is 13.0. The van der Waals surface area contributed by atoms with E-state index in [1.807, 2.05) is 40.3 Å². The summed E-state index contributed by atoms with van der Waals surface area (Å²) in [6.45, 7) is 1.61. The molecule has 0 radical (unpaired) electrons. The molecule has 0 aliphatic heterocycles. The van der Waals surface area contributed by atoms with Gasteiger partial charge in [-0.15, -0.1) is 0 Å². The van der Waals surface area contributed by atoms with Crippen LogP contribution in [0.2, 0.25) is 0 Å². The van der Waals surface area contributed by atoms with E-state index in [2.05, 4.69) is 15.9 Å². The molecule has 17 heavy (non-hydrogen) atoms. The summed E-state index contributed by atoms with van der Waals surface area (Å²) < 4.78 is 0. The lowest BCUT2D eigenvalue weighted by Crippen LogP contribution is -2.17. The van der Waals surface area contributed by atoms with Gasteiger partial charge in [0.05, 0.1) is 0 Å². The van der Waals surface area contributed by atoms with Crippen LogP contribution in [0, 0.1) is 0 Å². The number of benzene rings is 1. The van der Waals surface area contributed by atoms with Gasteiger partial charge in [-0.05, 0) is 51.5 Å². The third kappa shape index (κ3) is 4.54. The number of nitrogens with two attached hydrogens (primary N) is 1. The van der Waals surface area contributed by atoms with Crippen molar-refractivity contribution < 1.29 is 4.79 Å². The average molecular weight is 235 g/mol. The number of carbonyl (C=O) groups is 1. The van der Waals surface area contributed by atoms with E-state index in [1.54, 1.807) is 0 Å². The van der Waals surface area contributed by atoms with Crippen LogP contribution in [0.4, 0.5) is 0 Å². The van der Waals surface area contributed by atoms with E-state index in [9.17, 15) is 4.79 Å². The Balaban J connectivity index is 3.04. The summed E-state index contributed by atoms with van der Waals surface area (Å²) in [5, 5.41) is 0. The molecule has 0 saturated carbocycles. The van der Waals surface area contributed by atoms with E-state index in [-0.39, 0.29) is 5.91 Å². The second-order valence-electron chi connectivity index (χ2n) is 4.88. The van der Waals surface area contributed by atoms with E-state index >= 15 is 0 Å². The first-order valence-corrected chi connectivity index (χ1v) is 5.60. The maximum absolute atomic E-state index is 11.3. The van der Waals surface area contributed by atoms with Crippen molar-refractivity contribution in [3.63, 3.8) is 0 Å². The highest BCUT2D eigenvalue weighted by Crippen LogP contribution is 2.13. The topological polar surface area (TPSA) is 49.6 Å². The monoisotopic (exact) mass is 235 g/mol. The number of nitrogens with zero attached hydrogens (tertiary/aromatic N) is 2. The van der Waals surface area contributed by atoms with Gasteiger partial charge >= 0.3 is 0 Å². The average Bonchev–Trinajstić information content (AvgIpc) is 2.14. The van der Waals surface area contributed by atoms with Gasteiger partial charge in [-0.3, -0.25) is 4.79 Å². The molecule has 0 spiro atoms. The molecule has 0 atom stereocenters. The number of hydrogen-bond donors (Lipinski definition) is 1. The predicted octanol–water partition coefficient (Wildman–Crippen LogP) is 0.909. The molecule has 2 N–H and O–H groups in total. The molecule has 1 amide bonds. The van der Waals surface area contributed by atoms with Gasteiger partial charge in [0, 0.05) is 18.7 Å². The van der Waals surface area contributed by atoms with Crippen molar-refractivity contribution in [2.24, 2.45) is 5.73 Å². The van der Waals surface area contributed by atoms with Crippen molar-refractivity contribution in [3.8, 4) is 0 Å². The second kappa shape index (κ2) is 5.80. The molecule has 0 aliphatic carbocycles. The van der Waals surface area contributed by atoms with Crippen molar-refractivity contribution in [3.05, 3.63) is 34.9 Å².